The maximum Gasteiger partial charge on any atom is 0.229 e. The van der Waals surface area contributed by atoms with Crippen molar-refractivity contribution in [2.45, 2.75) is 20.5 Å². The molecular weight excluding hydrogens is 308 g/mol. The number of aromatic nitrogens is 2. The Kier molecular flexibility index (Phi) is 4.90. The van der Waals surface area contributed by atoms with Crippen molar-refractivity contribution >= 4 is 6.21 Å². The molecule has 2 aromatic rings. The first-order chi connectivity index (χ1) is 11.7. The largest absolute Gasteiger partial charge is 0.472 e. The summed E-state index contributed by atoms with van der Waals surface area (Å²) >= 11 is 0. The van der Waals surface area contributed by atoms with Gasteiger partial charge in [-0.3, -0.25) is 4.98 Å². The van der Waals surface area contributed by atoms with Crippen LogP contribution >= 0.6 is 0 Å². The summed E-state index contributed by atoms with van der Waals surface area (Å²) in [4.78, 5) is 10.5. The van der Waals surface area contributed by atoms with E-state index in [1.54, 1.807) is 18.6 Å². The smallest absolute Gasteiger partial charge is 0.229 e. The molecular formula is C17H20N4O3. The molecule has 0 unspecified atom stereocenters. The summed E-state index contributed by atoms with van der Waals surface area (Å²) in [5.74, 6) is 1.21. The lowest BCUT2D eigenvalue weighted by molar-refractivity contribution is 0.179. The second-order valence-corrected chi connectivity index (χ2v) is 5.54. The highest BCUT2D eigenvalue weighted by atomic mass is 16.5. The molecule has 0 saturated heterocycles. The molecule has 0 aliphatic carbocycles. The number of pyridine rings is 1. The quantitative estimate of drug-likeness (QED) is 0.874. The molecule has 24 heavy (non-hydrogen) atoms. The number of ether oxygens (including phenoxy) is 1. The SMILES string of the molecule is Cc1ccc(-c2noc(C)c2COC2=CN(CCO)CC=N2)cn1. The topological polar surface area (TPSA) is 84.0 Å². The molecule has 3 heterocycles. The fourth-order valence-corrected chi connectivity index (χ4v) is 2.38. The van der Waals surface area contributed by atoms with Gasteiger partial charge in [0.15, 0.2) is 0 Å². The van der Waals surface area contributed by atoms with Crippen molar-refractivity contribution in [3.8, 4) is 11.3 Å². The van der Waals surface area contributed by atoms with E-state index in [-0.39, 0.29) is 6.61 Å². The number of hydrogen-bond acceptors (Lipinski definition) is 7. The predicted molar refractivity (Wildman–Crippen MR) is 89.2 cm³/mol. The molecule has 3 rings (SSSR count). The number of aliphatic hydroxyl groups is 1. The lowest BCUT2D eigenvalue weighted by Gasteiger charge is -2.21. The van der Waals surface area contributed by atoms with Gasteiger partial charge in [-0.1, -0.05) is 5.16 Å². The second-order valence-electron chi connectivity index (χ2n) is 5.54. The highest BCUT2D eigenvalue weighted by molar-refractivity contribution is 5.63. The fraction of sp³-hybridized carbons (Fsp3) is 0.353. The van der Waals surface area contributed by atoms with Crippen LogP contribution in [0, 0.1) is 13.8 Å². The van der Waals surface area contributed by atoms with Gasteiger partial charge < -0.3 is 19.3 Å². The minimum Gasteiger partial charge on any atom is -0.472 e. The van der Waals surface area contributed by atoms with Gasteiger partial charge in [0.05, 0.1) is 24.9 Å². The van der Waals surface area contributed by atoms with Gasteiger partial charge in [0.1, 0.15) is 18.1 Å². The molecule has 0 spiro atoms. The van der Waals surface area contributed by atoms with Crippen molar-refractivity contribution in [1.82, 2.24) is 15.0 Å². The molecule has 7 nitrogen and oxygen atoms in total. The normalized spacial score (nSPS) is 14.0. The minimum absolute atomic E-state index is 0.0902. The van der Waals surface area contributed by atoms with Crippen LogP contribution in [0.1, 0.15) is 17.0 Å². The van der Waals surface area contributed by atoms with E-state index in [1.165, 1.54) is 0 Å². The molecule has 0 bridgehead atoms. The van der Waals surface area contributed by atoms with E-state index in [4.69, 9.17) is 14.4 Å². The zero-order valence-corrected chi connectivity index (χ0v) is 13.8. The number of β-amino-alcohol motifs (C(OH)–C–C–N with tert-alkyl or cyclic N) is 1. The van der Waals surface area contributed by atoms with Crippen LogP contribution in [0.3, 0.4) is 0 Å². The highest BCUT2D eigenvalue weighted by Crippen LogP contribution is 2.26. The van der Waals surface area contributed by atoms with Gasteiger partial charge in [-0.15, -0.1) is 0 Å². The van der Waals surface area contributed by atoms with E-state index < -0.39 is 0 Å². The molecule has 0 radical (unpaired) electrons. The lowest BCUT2D eigenvalue weighted by atomic mass is 10.1. The van der Waals surface area contributed by atoms with Gasteiger partial charge in [-0.05, 0) is 26.0 Å². The average molecular weight is 328 g/mol. The maximum absolute atomic E-state index is 9.02. The molecule has 0 saturated carbocycles. The standard InChI is InChI=1S/C17H20N4O3/c1-12-3-4-14(9-19-12)17-15(13(2)24-20-17)11-23-16-10-21(7-8-22)6-5-18-16/h3-5,9-10,22H,6-8,11H2,1-2H3. The van der Waals surface area contributed by atoms with E-state index in [0.29, 0.717) is 31.3 Å². The monoisotopic (exact) mass is 328 g/mol. The molecule has 0 atom stereocenters. The third-order valence-corrected chi connectivity index (χ3v) is 3.75. The van der Waals surface area contributed by atoms with Crippen molar-refractivity contribution in [3.05, 3.63) is 47.4 Å². The van der Waals surface area contributed by atoms with Gasteiger partial charge in [-0.25, -0.2) is 4.99 Å². The second kappa shape index (κ2) is 7.27. The van der Waals surface area contributed by atoms with E-state index in [2.05, 4.69) is 15.1 Å². The number of rotatable bonds is 6. The minimum atomic E-state index is 0.0902. The molecule has 7 heteroatoms. The van der Waals surface area contributed by atoms with Crippen LogP contribution in [0.4, 0.5) is 0 Å². The number of hydrogen-bond donors (Lipinski definition) is 1. The molecule has 1 aliphatic heterocycles. The number of nitrogens with zero attached hydrogens (tertiary/aromatic N) is 4. The molecule has 0 fully saturated rings. The lowest BCUT2D eigenvalue weighted by Crippen LogP contribution is -2.26. The fourth-order valence-electron chi connectivity index (χ4n) is 2.38. The first-order valence-electron chi connectivity index (χ1n) is 7.77. The Hall–Kier alpha value is -2.67. The summed E-state index contributed by atoms with van der Waals surface area (Å²) in [6.45, 7) is 5.40. The Morgan fingerprint density at radius 1 is 1.33 bits per heavy atom. The first kappa shape index (κ1) is 16.2. The number of aliphatic imine (C=N–C) groups is 1. The molecule has 0 aromatic carbocycles. The number of aryl methyl sites for hydroxylation is 2. The summed E-state index contributed by atoms with van der Waals surface area (Å²) in [6.07, 6.45) is 5.33. The third kappa shape index (κ3) is 3.62. The molecule has 126 valence electrons. The van der Waals surface area contributed by atoms with Gasteiger partial charge in [0.2, 0.25) is 5.88 Å². The molecule has 1 aliphatic rings. The van der Waals surface area contributed by atoms with Crippen LogP contribution in [-0.2, 0) is 11.3 Å². The Morgan fingerprint density at radius 3 is 2.96 bits per heavy atom. The van der Waals surface area contributed by atoms with Crippen LogP contribution in [0.15, 0.2) is 39.9 Å². The van der Waals surface area contributed by atoms with Gasteiger partial charge in [0, 0.05) is 30.2 Å². The molecule has 1 N–H and O–H groups in total. The molecule has 2 aromatic heterocycles. The van der Waals surface area contributed by atoms with Crippen molar-refractivity contribution < 1.29 is 14.4 Å². The van der Waals surface area contributed by atoms with Crippen molar-refractivity contribution in [1.29, 1.82) is 0 Å². The summed E-state index contributed by atoms with van der Waals surface area (Å²) in [5, 5.41) is 13.1. The van der Waals surface area contributed by atoms with E-state index in [1.807, 2.05) is 30.9 Å². The van der Waals surface area contributed by atoms with Gasteiger partial charge in [0.25, 0.3) is 0 Å². The van der Waals surface area contributed by atoms with Crippen molar-refractivity contribution in [2.24, 2.45) is 4.99 Å². The Morgan fingerprint density at radius 2 is 2.21 bits per heavy atom. The summed E-state index contributed by atoms with van der Waals surface area (Å²) in [7, 11) is 0. The van der Waals surface area contributed by atoms with E-state index >= 15 is 0 Å². The first-order valence-corrected chi connectivity index (χ1v) is 7.77. The Labute approximate surface area is 140 Å². The van der Waals surface area contributed by atoms with Crippen molar-refractivity contribution in [2.75, 3.05) is 19.7 Å². The number of aliphatic hydroxyl groups excluding tert-OH is 1. The zero-order valence-electron chi connectivity index (χ0n) is 13.8. The van der Waals surface area contributed by atoms with Crippen molar-refractivity contribution in [3.63, 3.8) is 0 Å². The predicted octanol–water partition coefficient (Wildman–Crippen LogP) is 2.05. The van der Waals surface area contributed by atoms with Crippen LogP contribution in [0.5, 0.6) is 0 Å². The summed E-state index contributed by atoms with van der Waals surface area (Å²) < 4.78 is 11.1. The van der Waals surface area contributed by atoms with Crippen LogP contribution < -0.4 is 0 Å². The average Bonchev–Trinajstić information content (AvgIpc) is 2.95. The summed E-state index contributed by atoms with van der Waals surface area (Å²) in [5.41, 5.74) is 3.44. The summed E-state index contributed by atoms with van der Waals surface area (Å²) in [6, 6.07) is 3.90. The van der Waals surface area contributed by atoms with Crippen LogP contribution in [-0.4, -0.2) is 46.1 Å². The van der Waals surface area contributed by atoms with Gasteiger partial charge in [-0.2, -0.15) is 0 Å². The van der Waals surface area contributed by atoms with E-state index in [0.717, 1.165) is 22.5 Å². The highest BCUT2D eigenvalue weighted by Gasteiger charge is 2.17. The Balaban J connectivity index is 1.75. The van der Waals surface area contributed by atoms with Gasteiger partial charge >= 0.3 is 0 Å². The molecule has 0 amide bonds. The Bertz CT molecular complexity index is 750. The van der Waals surface area contributed by atoms with E-state index in [9.17, 15) is 0 Å². The third-order valence-electron chi connectivity index (χ3n) is 3.75. The maximum atomic E-state index is 9.02. The zero-order chi connectivity index (χ0) is 16.9. The van der Waals surface area contributed by atoms with Crippen LogP contribution in [0.2, 0.25) is 0 Å². The van der Waals surface area contributed by atoms with Crippen LogP contribution in [0.25, 0.3) is 11.3 Å².